The lowest BCUT2D eigenvalue weighted by Crippen LogP contribution is -2.48. The van der Waals surface area contributed by atoms with E-state index in [2.05, 4.69) is 65.4 Å². The Labute approximate surface area is 165 Å². The van der Waals surface area contributed by atoms with Gasteiger partial charge < -0.3 is 19.9 Å². The fraction of sp³-hybridized carbons (Fsp3) is 0.682. The lowest BCUT2D eigenvalue weighted by molar-refractivity contribution is -0.00830. The van der Waals surface area contributed by atoms with Crippen molar-refractivity contribution < 1.29 is 4.74 Å². The molecule has 1 aromatic carbocycles. The summed E-state index contributed by atoms with van der Waals surface area (Å²) in [6.45, 7) is 6.84. The van der Waals surface area contributed by atoms with E-state index in [4.69, 9.17) is 4.74 Å². The number of morpholine rings is 1. The summed E-state index contributed by atoms with van der Waals surface area (Å²) in [7, 11) is 6.16. The maximum atomic E-state index is 6.04. The van der Waals surface area contributed by atoms with Gasteiger partial charge in [0, 0.05) is 20.1 Å². The minimum absolute atomic E-state index is 0.121. The normalized spacial score (nSPS) is 18.2. The molecular formula is C22H38N4O. The topological polar surface area (TPSA) is 40.1 Å². The van der Waals surface area contributed by atoms with Crippen molar-refractivity contribution in [1.82, 2.24) is 15.1 Å². The van der Waals surface area contributed by atoms with E-state index in [1.54, 1.807) is 0 Å². The minimum atomic E-state index is 0.121. The fourth-order valence-corrected chi connectivity index (χ4v) is 3.59. The first-order valence-electron chi connectivity index (χ1n) is 10.4. The van der Waals surface area contributed by atoms with Gasteiger partial charge in [0.1, 0.15) is 6.10 Å². The smallest absolute Gasteiger partial charge is 0.193 e. The van der Waals surface area contributed by atoms with Crippen LogP contribution in [0.15, 0.2) is 29.3 Å². The first-order chi connectivity index (χ1) is 13.1. The molecule has 5 nitrogen and oxygen atoms in total. The second-order valence-electron chi connectivity index (χ2n) is 7.71. The molecule has 0 aromatic heterocycles. The van der Waals surface area contributed by atoms with Crippen molar-refractivity contribution in [1.29, 1.82) is 0 Å². The molecule has 0 radical (unpaired) electrons. The summed E-state index contributed by atoms with van der Waals surface area (Å²) in [5.74, 6) is 1.00. The number of rotatable bonds is 9. The van der Waals surface area contributed by atoms with Gasteiger partial charge in [0.25, 0.3) is 0 Å². The fourth-order valence-electron chi connectivity index (χ4n) is 3.59. The molecule has 0 saturated carbocycles. The Kier molecular flexibility index (Phi) is 9.64. The molecule has 0 spiro atoms. The monoisotopic (exact) mass is 374 g/mol. The van der Waals surface area contributed by atoms with Crippen molar-refractivity contribution >= 4 is 5.96 Å². The highest BCUT2D eigenvalue weighted by atomic mass is 16.5. The standard InChI is InChI=1S/C22H38N4O/c1-19-12-8-9-13-20(19)21-18-26(16-17-27-21)22(23-2)24-14-10-6-5-7-11-15-25(3)4/h8-9,12-13,21H,5-7,10-11,14-18H2,1-4H3,(H,23,24). The van der Waals surface area contributed by atoms with E-state index in [-0.39, 0.29) is 6.10 Å². The van der Waals surface area contributed by atoms with Gasteiger partial charge in [0.15, 0.2) is 5.96 Å². The van der Waals surface area contributed by atoms with Gasteiger partial charge in [-0.1, -0.05) is 43.5 Å². The number of ether oxygens (including phenoxy) is 1. The van der Waals surface area contributed by atoms with E-state index in [0.717, 1.165) is 32.2 Å². The Balaban J connectivity index is 1.71. The summed E-state index contributed by atoms with van der Waals surface area (Å²) in [4.78, 5) is 9.09. The molecule has 1 unspecified atom stereocenters. The van der Waals surface area contributed by atoms with Crippen molar-refractivity contribution in [2.75, 3.05) is 53.9 Å². The van der Waals surface area contributed by atoms with Crippen molar-refractivity contribution in [3.05, 3.63) is 35.4 Å². The number of guanidine groups is 1. The lowest BCUT2D eigenvalue weighted by Gasteiger charge is -2.35. The number of unbranched alkanes of at least 4 members (excludes halogenated alkanes) is 4. The second kappa shape index (κ2) is 12.0. The van der Waals surface area contributed by atoms with Gasteiger partial charge in [-0.15, -0.1) is 0 Å². The van der Waals surface area contributed by atoms with Crippen LogP contribution in [0.5, 0.6) is 0 Å². The van der Waals surface area contributed by atoms with E-state index < -0.39 is 0 Å². The number of aliphatic imine (C=N–C) groups is 1. The predicted molar refractivity (Wildman–Crippen MR) is 114 cm³/mol. The molecule has 0 aliphatic carbocycles. The molecule has 1 fully saturated rings. The highest BCUT2D eigenvalue weighted by Gasteiger charge is 2.24. The largest absolute Gasteiger partial charge is 0.370 e. The number of hydrogen-bond acceptors (Lipinski definition) is 3. The second-order valence-corrected chi connectivity index (χ2v) is 7.71. The highest BCUT2D eigenvalue weighted by Crippen LogP contribution is 2.24. The van der Waals surface area contributed by atoms with Gasteiger partial charge >= 0.3 is 0 Å². The van der Waals surface area contributed by atoms with E-state index in [1.165, 1.54) is 49.8 Å². The molecular weight excluding hydrogens is 336 g/mol. The van der Waals surface area contributed by atoms with Gasteiger partial charge in [-0.2, -0.15) is 0 Å². The summed E-state index contributed by atoms with van der Waals surface area (Å²) in [5, 5.41) is 3.55. The van der Waals surface area contributed by atoms with E-state index in [1.807, 2.05) is 7.05 Å². The van der Waals surface area contributed by atoms with Crippen molar-refractivity contribution in [3.8, 4) is 0 Å². The average Bonchev–Trinajstić information content (AvgIpc) is 2.67. The Hall–Kier alpha value is -1.59. The number of nitrogens with zero attached hydrogens (tertiary/aromatic N) is 3. The zero-order valence-electron chi connectivity index (χ0n) is 17.7. The Morgan fingerprint density at radius 2 is 1.93 bits per heavy atom. The Bertz CT molecular complexity index is 573. The maximum absolute atomic E-state index is 6.04. The average molecular weight is 375 g/mol. The zero-order chi connectivity index (χ0) is 19.5. The van der Waals surface area contributed by atoms with E-state index >= 15 is 0 Å². The van der Waals surface area contributed by atoms with E-state index in [9.17, 15) is 0 Å². The van der Waals surface area contributed by atoms with E-state index in [0.29, 0.717) is 0 Å². The third kappa shape index (κ3) is 7.51. The lowest BCUT2D eigenvalue weighted by atomic mass is 10.0. The van der Waals surface area contributed by atoms with Gasteiger partial charge in [0.05, 0.1) is 13.2 Å². The molecule has 152 valence electrons. The molecule has 1 aliphatic rings. The van der Waals surface area contributed by atoms with Gasteiger partial charge in [-0.05, 0) is 51.5 Å². The van der Waals surface area contributed by atoms with Crippen LogP contribution in [0.1, 0.15) is 49.3 Å². The highest BCUT2D eigenvalue weighted by molar-refractivity contribution is 5.80. The number of hydrogen-bond donors (Lipinski definition) is 1. The number of nitrogens with one attached hydrogen (secondary N) is 1. The van der Waals surface area contributed by atoms with Gasteiger partial charge in [0.2, 0.25) is 0 Å². The predicted octanol–water partition coefficient (Wildman–Crippen LogP) is 3.46. The van der Waals surface area contributed by atoms with Crippen molar-refractivity contribution in [3.63, 3.8) is 0 Å². The first kappa shape index (κ1) is 21.7. The third-order valence-electron chi connectivity index (χ3n) is 5.18. The van der Waals surface area contributed by atoms with Crippen LogP contribution >= 0.6 is 0 Å². The summed E-state index contributed by atoms with van der Waals surface area (Å²) >= 11 is 0. The van der Waals surface area contributed by atoms with Crippen molar-refractivity contribution in [2.45, 2.75) is 45.1 Å². The summed E-state index contributed by atoms with van der Waals surface area (Å²) in [5.41, 5.74) is 2.58. The summed E-state index contributed by atoms with van der Waals surface area (Å²) in [6.07, 6.45) is 6.56. The van der Waals surface area contributed by atoms with Crippen LogP contribution in [0.2, 0.25) is 0 Å². The summed E-state index contributed by atoms with van der Waals surface area (Å²) in [6, 6.07) is 8.51. The Morgan fingerprint density at radius 3 is 2.67 bits per heavy atom. The molecule has 2 rings (SSSR count). The third-order valence-corrected chi connectivity index (χ3v) is 5.18. The molecule has 1 saturated heterocycles. The van der Waals surface area contributed by atoms with Crippen LogP contribution in [-0.2, 0) is 4.74 Å². The van der Waals surface area contributed by atoms with Crippen LogP contribution < -0.4 is 5.32 Å². The molecule has 1 N–H and O–H groups in total. The maximum Gasteiger partial charge on any atom is 0.193 e. The first-order valence-corrected chi connectivity index (χ1v) is 10.4. The van der Waals surface area contributed by atoms with Crippen molar-refractivity contribution in [2.24, 2.45) is 4.99 Å². The molecule has 1 aliphatic heterocycles. The minimum Gasteiger partial charge on any atom is -0.370 e. The molecule has 0 amide bonds. The van der Waals surface area contributed by atoms with Crippen LogP contribution in [0.3, 0.4) is 0 Å². The van der Waals surface area contributed by atoms with Gasteiger partial charge in [-0.25, -0.2) is 0 Å². The number of aryl methyl sites for hydroxylation is 1. The molecule has 1 heterocycles. The molecule has 27 heavy (non-hydrogen) atoms. The molecule has 0 bridgehead atoms. The quantitative estimate of drug-likeness (QED) is 0.408. The molecule has 1 aromatic rings. The number of benzene rings is 1. The van der Waals surface area contributed by atoms with Gasteiger partial charge in [-0.3, -0.25) is 4.99 Å². The van der Waals surface area contributed by atoms with Crippen LogP contribution in [0, 0.1) is 6.92 Å². The summed E-state index contributed by atoms with van der Waals surface area (Å²) < 4.78 is 6.04. The van der Waals surface area contributed by atoms with Crippen LogP contribution in [-0.4, -0.2) is 69.7 Å². The molecule has 5 heteroatoms. The molecule has 1 atom stereocenters. The zero-order valence-corrected chi connectivity index (χ0v) is 17.7. The van der Waals surface area contributed by atoms with Crippen LogP contribution in [0.25, 0.3) is 0 Å². The Morgan fingerprint density at radius 1 is 1.19 bits per heavy atom. The van der Waals surface area contributed by atoms with Crippen LogP contribution in [0.4, 0.5) is 0 Å². The SMILES string of the molecule is CN=C(NCCCCCCCN(C)C)N1CCOC(c2ccccc2C)C1.